The Bertz CT molecular complexity index is 1320. The largest absolute Gasteiger partial charge is 0.493 e. The second-order valence-electron chi connectivity index (χ2n) is 7.42. The Kier molecular flexibility index (Phi) is 8.19. The number of hydrogen-bond donors (Lipinski definition) is 0. The van der Waals surface area contributed by atoms with Gasteiger partial charge in [-0.15, -0.1) is 0 Å². The van der Waals surface area contributed by atoms with Crippen LogP contribution in [0.5, 0.6) is 11.5 Å². The third kappa shape index (κ3) is 5.90. The van der Waals surface area contributed by atoms with E-state index in [2.05, 4.69) is 0 Å². The fraction of sp³-hybridized carbons (Fsp3) is 0.120. The van der Waals surface area contributed by atoms with Gasteiger partial charge in [-0.25, -0.2) is 0 Å². The minimum Gasteiger partial charge on any atom is -0.493 e. The van der Waals surface area contributed by atoms with Crippen molar-refractivity contribution < 1.29 is 19.1 Å². The molecule has 10 heteroatoms. The van der Waals surface area contributed by atoms with Crippen molar-refractivity contribution in [1.82, 2.24) is 4.90 Å². The van der Waals surface area contributed by atoms with Crippen LogP contribution in [-0.4, -0.2) is 23.2 Å². The number of benzene rings is 3. The number of carbonyl (C=O) groups excluding carboxylic acids is 2. The molecule has 4 rings (SSSR count). The molecule has 1 fully saturated rings. The third-order valence-electron chi connectivity index (χ3n) is 5.12. The summed E-state index contributed by atoms with van der Waals surface area (Å²) < 4.78 is 11.3. The number of rotatable bonds is 7. The lowest BCUT2D eigenvalue weighted by Crippen LogP contribution is -2.27. The van der Waals surface area contributed by atoms with Crippen LogP contribution < -0.4 is 9.47 Å². The van der Waals surface area contributed by atoms with E-state index in [4.69, 9.17) is 55.9 Å². The second kappa shape index (κ2) is 11.1. The van der Waals surface area contributed by atoms with Gasteiger partial charge in [0.25, 0.3) is 11.1 Å². The van der Waals surface area contributed by atoms with Crippen molar-refractivity contribution in [1.29, 1.82) is 0 Å². The van der Waals surface area contributed by atoms with Crippen LogP contribution in [0.15, 0.2) is 59.5 Å². The molecule has 3 aromatic carbocycles. The van der Waals surface area contributed by atoms with Gasteiger partial charge in [0.15, 0.2) is 11.5 Å². The molecule has 1 aliphatic heterocycles. The average molecular weight is 569 g/mol. The molecule has 0 atom stereocenters. The zero-order valence-electron chi connectivity index (χ0n) is 18.2. The minimum atomic E-state index is -0.390. The number of halogens is 4. The highest BCUT2D eigenvalue weighted by Gasteiger charge is 2.35. The van der Waals surface area contributed by atoms with E-state index in [9.17, 15) is 9.59 Å². The van der Waals surface area contributed by atoms with Gasteiger partial charge < -0.3 is 9.47 Å². The summed E-state index contributed by atoms with van der Waals surface area (Å²) in [5, 5.41) is 1.41. The summed E-state index contributed by atoms with van der Waals surface area (Å²) in [4.78, 5) is 26.9. The summed E-state index contributed by atoms with van der Waals surface area (Å²) in [6.45, 7) is 0.251. The van der Waals surface area contributed by atoms with Crippen LogP contribution in [0, 0.1) is 0 Å². The first-order chi connectivity index (χ1) is 16.8. The van der Waals surface area contributed by atoms with Crippen molar-refractivity contribution in [3.63, 3.8) is 0 Å². The highest BCUT2D eigenvalue weighted by Crippen LogP contribution is 2.36. The van der Waals surface area contributed by atoms with Crippen molar-refractivity contribution in [3.05, 3.63) is 96.3 Å². The van der Waals surface area contributed by atoms with Crippen molar-refractivity contribution >= 4 is 75.4 Å². The standard InChI is InChI=1S/C25H17Cl4NO4S/c1-33-22-10-14(6-8-21(22)34-13-16-17(26)3-2-4-18(16)27)11-23-24(31)30(25(32)35-23)12-15-5-7-19(28)20(29)9-15/h2-11H,12-13H2,1H3/b23-11-. The van der Waals surface area contributed by atoms with Crippen molar-refractivity contribution in [2.45, 2.75) is 13.2 Å². The number of methoxy groups -OCH3 is 1. The number of ether oxygens (including phenoxy) is 2. The summed E-state index contributed by atoms with van der Waals surface area (Å²) in [7, 11) is 1.51. The molecule has 35 heavy (non-hydrogen) atoms. The maximum absolute atomic E-state index is 12.9. The zero-order chi connectivity index (χ0) is 25.1. The average Bonchev–Trinajstić information content (AvgIpc) is 3.09. The second-order valence-corrected chi connectivity index (χ2v) is 10.0. The summed E-state index contributed by atoms with van der Waals surface area (Å²) in [5.41, 5.74) is 2.03. The van der Waals surface area contributed by atoms with E-state index in [-0.39, 0.29) is 18.4 Å². The summed E-state index contributed by atoms with van der Waals surface area (Å²) >= 11 is 25.3. The predicted molar refractivity (Wildman–Crippen MR) is 142 cm³/mol. The molecule has 0 aromatic heterocycles. The number of nitrogens with zero attached hydrogens (tertiary/aromatic N) is 1. The Balaban J connectivity index is 1.50. The normalized spacial score (nSPS) is 14.7. The van der Waals surface area contributed by atoms with E-state index in [0.717, 1.165) is 16.7 Å². The van der Waals surface area contributed by atoms with E-state index in [1.165, 1.54) is 7.11 Å². The topological polar surface area (TPSA) is 55.8 Å². The number of thioether (sulfide) groups is 1. The molecule has 1 saturated heterocycles. The fourth-order valence-corrected chi connectivity index (χ4v) is 4.99. The molecule has 180 valence electrons. The molecule has 5 nitrogen and oxygen atoms in total. The minimum absolute atomic E-state index is 0.0968. The van der Waals surface area contributed by atoms with E-state index < -0.39 is 5.91 Å². The predicted octanol–water partition coefficient (Wildman–Crippen LogP) is 8.12. The maximum atomic E-state index is 12.9. The number of carbonyl (C=O) groups is 2. The number of imide groups is 1. The van der Waals surface area contributed by atoms with E-state index in [1.54, 1.807) is 60.7 Å². The van der Waals surface area contributed by atoms with E-state index >= 15 is 0 Å². The summed E-state index contributed by atoms with van der Waals surface area (Å²) in [5.74, 6) is 0.545. The van der Waals surface area contributed by atoms with Gasteiger partial charge in [0.2, 0.25) is 0 Å². The Morgan fingerprint density at radius 1 is 0.886 bits per heavy atom. The molecule has 1 heterocycles. The quantitative estimate of drug-likeness (QED) is 0.269. The van der Waals surface area contributed by atoms with Gasteiger partial charge in [-0.2, -0.15) is 0 Å². The van der Waals surface area contributed by atoms with Crippen LogP contribution >= 0.6 is 58.2 Å². The Hall–Kier alpha value is -2.35. The Labute approximate surface area is 226 Å². The van der Waals surface area contributed by atoms with Crippen LogP contribution in [0.1, 0.15) is 16.7 Å². The molecule has 3 aromatic rings. The van der Waals surface area contributed by atoms with Crippen molar-refractivity contribution in [3.8, 4) is 11.5 Å². The monoisotopic (exact) mass is 567 g/mol. The Morgan fingerprint density at radius 2 is 1.63 bits per heavy atom. The van der Waals surface area contributed by atoms with Crippen LogP contribution in [0.3, 0.4) is 0 Å². The first-order valence-electron chi connectivity index (χ1n) is 10.2. The van der Waals surface area contributed by atoms with Gasteiger partial charge in [0.1, 0.15) is 6.61 Å². The van der Waals surface area contributed by atoms with Gasteiger partial charge in [-0.1, -0.05) is 64.6 Å². The van der Waals surface area contributed by atoms with Crippen molar-refractivity contribution in [2.24, 2.45) is 0 Å². The lowest BCUT2D eigenvalue weighted by atomic mass is 10.1. The van der Waals surface area contributed by atoms with E-state index in [0.29, 0.717) is 53.2 Å². The molecular formula is C25H17Cl4NO4S. The first-order valence-corrected chi connectivity index (χ1v) is 12.5. The highest BCUT2D eigenvalue weighted by atomic mass is 35.5. The van der Waals surface area contributed by atoms with Crippen molar-refractivity contribution in [2.75, 3.05) is 7.11 Å². The Morgan fingerprint density at radius 3 is 2.31 bits per heavy atom. The van der Waals surface area contributed by atoms with Gasteiger partial charge in [-0.05, 0) is 65.4 Å². The molecular weight excluding hydrogens is 552 g/mol. The number of amides is 2. The lowest BCUT2D eigenvalue weighted by molar-refractivity contribution is -0.123. The highest BCUT2D eigenvalue weighted by molar-refractivity contribution is 8.18. The molecule has 0 N–H and O–H groups in total. The van der Waals surface area contributed by atoms with Crippen LogP contribution in [-0.2, 0) is 17.9 Å². The lowest BCUT2D eigenvalue weighted by Gasteiger charge is -2.13. The summed E-state index contributed by atoms with van der Waals surface area (Å²) in [6.07, 6.45) is 1.64. The van der Waals surface area contributed by atoms with Gasteiger partial charge >= 0.3 is 0 Å². The van der Waals surface area contributed by atoms with Gasteiger partial charge in [0, 0.05) is 15.6 Å². The van der Waals surface area contributed by atoms with Crippen LogP contribution in [0.25, 0.3) is 6.08 Å². The zero-order valence-corrected chi connectivity index (χ0v) is 22.0. The summed E-state index contributed by atoms with van der Waals surface area (Å²) in [6, 6.07) is 15.4. The van der Waals surface area contributed by atoms with Gasteiger partial charge in [-0.3, -0.25) is 14.5 Å². The first kappa shape index (κ1) is 25.7. The third-order valence-corrected chi connectivity index (χ3v) is 7.47. The molecule has 0 saturated carbocycles. The molecule has 2 amide bonds. The fourth-order valence-electron chi connectivity index (χ4n) is 3.32. The SMILES string of the molecule is COc1cc(/C=C2\SC(=O)N(Cc3ccc(Cl)c(Cl)c3)C2=O)ccc1OCc1c(Cl)cccc1Cl. The molecule has 0 aliphatic carbocycles. The molecule has 0 spiro atoms. The van der Waals surface area contributed by atoms with Crippen LogP contribution in [0.2, 0.25) is 20.1 Å². The van der Waals surface area contributed by atoms with E-state index in [1.807, 2.05) is 0 Å². The number of hydrogen-bond acceptors (Lipinski definition) is 5. The van der Waals surface area contributed by atoms with Crippen LogP contribution in [0.4, 0.5) is 4.79 Å². The molecule has 0 radical (unpaired) electrons. The molecule has 1 aliphatic rings. The van der Waals surface area contributed by atoms with Gasteiger partial charge in [0.05, 0.1) is 28.6 Å². The molecule has 0 bridgehead atoms. The maximum Gasteiger partial charge on any atom is 0.293 e. The molecule has 0 unspecified atom stereocenters. The smallest absolute Gasteiger partial charge is 0.293 e.